The van der Waals surface area contributed by atoms with Gasteiger partial charge in [-0.05, 0) is 20.3 Å². The van der Waals surface area contributed by atoms with Crippen LogP contribution in [0.1, 0.15) is 19.2 Å². The first kappa shape index (κ1) is 16.4. The van der Waals surface area contributed by atoms with Gasteiger partial charge >= 0.3 is 0 Å². The van der Waals surface area contributed by atoms with Crippen LogP contribution in [0.4, 0.5) is 0 Å². The third-order valence-corrected chi connectivity index (χ3v) is 4.34. The van der Waals surface area contributed by atoms with Crippen molar-refractivity contribution in [3.63, 3.8) is 0 Å². The summed E-state index contributed by atoms with van der Waals surface area (Å²) in [6.07, 6.45) is 2.03. The van der Waals surface area contributed by atoms with Crippen LogP contribution in [-0.4, -0.2) is 43.6 Å². The second kappa shape index (κ2) is 7.23. The van der Waals surface area contributed by atoms with Crippen LogP contribution in [0.3, 0.4) is 0 Å². The molecule has 110 valence electrons. The van der Waals surface area contributed by atoms with Gasteiger partial charge in [0.2, 0.25) is 0 Å². The van der Waals surface area contributed by atoms with Crippen molar-refractivity contribution in [2.75, 3.05) is 20.3 Å². The van der Waals surface area contributed by atoms with Crippen molar-refractivity contribution in [3.05, 3.63) is 12.0 Å². The molecule has 1 N–H and O–H groups in total. The third kappa shape index (κ3) is 4.76. The van der Waals surface area contributed by atoms with Crippen LogP contribution in [-0.2, 0) is 21.3 Å². The van der Waals surface area contributed by atoms with Crippen molar-refractivity contribution in [2.45, 2.75) is 37.2 Å². The molecule has 8 heteroatoms. The van der Waals surface area contributed by atoms with E-state index < -0.39 is 10.0 Å². The molecule has 0 aliphatic rings. The van der Waals surface area contributed by atoms with Gasteiger partial charge in [-0.25, -0.2) is 18.1 Å². The Bertz CT molecular complexity index is 501. The van der Waals surface area contributed by atoms with Gasteiger partial charge in [0.15, 0.2) is 5.03 Å². The van der Waals surface area contributed by atoms with Gasteiger partial charge in [0.25, 0.3) is 10.0 Å². The Kier molecular flexibility index (Phi) is 6.25. The molecule has 19 heavy (non-hydrogen) atoms. The molecule has 0 spiro atoms. The highest BCUT2D eigenvalue weighted by atomic mass is 35.5. The van der Waals surface area contributed by atoms with Gasteiger partial charge < -0.3 is 9.30 Å². The summed E-state index contributed by atoms with van der Waals surface area (Å²) in [6.45, 7) is 5.05. The topological polar surface area (TPSA) is 73.2 Å². The molecular weight excluding hydrogens is 290 g/mol. The molecule has 0 saturated heterocycles. The minimum Gasteiger partial charge on any atom is -0.383 e. The van der Waals surface area contributed by atoms with E-state index in [1.807, 2.05) is 6.92 Å². The monoisotopic (exact) mass is 309 g/mol. The van der Waals surface area contributed by atoms with Crippen molar-refractivity contribution < 1.29 is 13.2 Å². The molecular formula is C11H20ClN3O3S. The normalized spacial score (nSPS) is 13.7. The van der Waals surface area contributed by atoms with Crippen molar-refractivity contribution in [3.8, 4) is 0 Å². The van der Waals surface area contributed by atoms with Gasteiger partial charge in [-0.2, -0.15) is 0 Å². The number of aromatic nitrogens is 2. The summed E-state index contributed by atoms with van der Waals surface area (Å²) in [4.78, 5) is 4.04. The molecule has 0 aromatic carbocycles. The molecule has 1 aromatic rings. The Labute approximate surface area is 119 Å². The summed E-state index contributed by atoms with van der Waals surface area (Å²) in [5.74, 6) is 0.678. The van der Waals surface area contributed by atoms with Crippen molar-refractivity contribution >= 4 is 21.6 Å². The first-order chi connectivity index (χ1) is 8.90. The smallest absolute Gasteiger partial charge is 0.259 e. The van der Waals surface area contributed by atoms with E-state index in [4.69, 9.17) is 16.3 Å². The largest absolute Gasteiger partial charge is 0.383 e. The van der Waals surface area contributed by atoms with Crippen LogP contribution < -0.4 is 4.72 Å². The Balaban J connectivity index is 2.60. The van der Waals surface area contributed by atoms with Crippen LogP contribution in [0.25, 0.3) is 0 Å². The highest BCUT2D eigenvalue weighted by Crippen LogP contribution is 2.09. The minimum absolute atomic E-state index is 0.0460. The van der Waals surface area contributed by atoms with Gasteiger partial charge in [-0.3, -0.25) is 0 Å². The highest BCUT2D eigenvalue weighted by Gasteiger charge is 2.18. The lowest BCUT2D eigenvalue weighted by atomic mass is 10.3. The summed E-state index contributed by atoms with van der Waals surface area (Å²) in [6, 6.07) is 0. The summed E-state index contributed by atoms with van der Waals surface area (Å²) in [5.41, 5.74) is 0. The number of hydrogen-bond acceptors (Lipinski definition) is 4. The van der Waals surface area contributed by atoms with Crippen LogP contribution in [0.5, 0.6) is 0 Å². The summed E-state index contributed by atoms with van der Waals surface area (Å²) in [7, 11) is -2.01. The standard InChI is InChI=1S/C11H20ClN3O3S/c1-4-15-7-11(14-9(15)2)19(16,17)13-6-5-10(12)8-18-3/h7,10,13H,4-6,8H2,1-3H3. The molecule has 1 heterocycles. The molecule has 0 radical (unpaired) electrons. The van der Waals surface area contributed by atoms with E-state index in [2.05, 4.69) is 9.71 Å². The van der Waals surface area contributed by atoms with Gasteiger partial charge in [-0.1, -0.05) is 0 Å². The van der Waals surface area contributed by atoms with Crippen molar-refractivity contribution in [2.24, 2.45) is 0 Å². The van der Waals surface area contributed by atoms with E-state index in [1.165, 1.54) is 6.20 Å². The lowest BCUT2D eigenvalue weighted by Crippen LogP contribution is -2.27. The van der Waals surface area contributed by atoms with Gasteiger partial charge in [0.1, 0.15) is 5.82 Å². The Morgan fingerprint density at radius 3 is 2.79 bits per heavy atom. The number of hydrogen-bond donors (Lipinski definition) is 1. The SMILES string of the molecule is CCn1cc(S(=O)(=O)NCCC(Cl)COC)nc1C. The second-order valence-corrected chi connectivity index (χ2v) is 6.48. The number of nitrogens with one attached hydrogen (secondary N) is 1. The molecule has 1 unspecified atom stereocenters. The first-order valence-corrected chi connectivity index (χ1v) is 7.99. The van der Waals surface area contributed by atoms with Crippen LogP contribution >= 0.6 is 11.6 Å². The fourth-order valence-electron chi connectivity index (χ4n) is 1.62. The molecule has 1 aromatic heterocycles. The zero-order valence-corrected chi connectivity index (χ0v) is 13.0. The predicted octanol–water partition coefficient (Wildman–Crippen LogP) is 1.13. The number of imidazole rings is 1. The molecule has 1 atom stereocenters. The minimum atomic E-state index is -3.56. The quantitative estimate of drug-likeness (QED) is 0.731. The molecule has 0 saturated carbocycles. The first-order valence-electron chi connectivity index (χ1n) is 6.07. The van der Waals surface area contributed by atoms with E-state index in [1.54, 1.807) is 18.6 Å². The Morgan fingerprint density at radius 1 is 1.58 bits per heavy atom. The molecule has 0 fully saturated rings. The zero-order chi connectivity index (χ0) is 14.5. The predicted molar refractivity (Wildman–Crippen MR) is 74.0 cm³/mol. The van der Waals surface area contributed by atoms with Gasteiger partial charge in [0, 0.05) is 26.4 Å². The van der Waals surface area contributed by atoms with Gasteiger partial charge in [0.05, 0.1) is 12.0 Å². The van der Waals surface area contributed by atoms with Crippen molar-refractivity contribution in [1.29, 1.82) is 0 Å². The van der Waals surface area contributed by atoms with Crippen LogP contribution in [0, 0.1) is 6.92 Å². The third-order valence-electron chi connectivity index (χ3n) is 2.67. The van der Waals surface area contributed by atoms with E-state index in [9.17, 15) is 8.42 Å². The summed E-state index contributed by atoms with van der Waals surface area (Å²) < 4.78 is 33.1. The number of ether oxygens (including phenoxy) is 1. The van der Waals surface area contributed by atoms with Crippen molar-refractivity contribution in [1.82, 2.24) is 14.3 Å². The molecule has 1 rings (SSSR count). The highest BCUT2D eigenvalue weighted by molar-refractivity contribution is 7.89. The summed E-state index contributed by atoms with van der Waals surface area (Å²) >= 11 is 5.93. The lowest BCUT2D eigenvalue weighted by Gasteiger charge is -2.08. The maximum absolute atomic E-state index is 12.0. The van der Waals surface area contributed by atoms with E-state index in [-0.39, 0.29) is 16.9 Å². The molecule has 0 aliphatic carbocycles. The van der Waals surface area contributed by atoms with E-state index >= 15 is 0 Å². The van der Waals surface area contributed by atoms with Crippen LogP contribution in [0.2, 0.25) is 0 Å². The number of halogens is 1. The van der Waals surface area contributed by atoms with Crippen LogP contribution in [0.15, 0.2) is 11.2 Å². The number of alkyl halides is 1. The Hall–Kier alpha value is -0.630. The molecule has 0 bridgehead atoms. The maximum atomic E-state index is 12.0. The van der Waals surface area contributed by atoms with E-state index in [0.717, 1.165) is 0 Å². The lowest BCUT2D eigenvalue weighted by molar-refractivity contribution is 0.196. The number of aryl methyl sites for hydroxylation is 2. The van der Waals surface area contributed by atoms with Gasteiger partial charge in [-0.15, -0.1) is 11.6 Å². The molecule has 6 nitrogen and oxygen atoms in total. The number of sulfonamides is 1. The Morgan fingerprint density at radius 2 is 2.26 bits per heavy atom. The zero-order valence-electron chi connectivity index (χ0n) is 11.4. The molecule has 0 aliphatic heterocycles. The fraction of sp³-hybridized carbons (Fsp3) is 0.727. The average molecular weight is 310 g/mol. The number of rotatable bonds is 8. The molecule has 0 amide bonds. The number of methoxy groups -OCH3 is 1. The average Bonchev–Trinajstić information content (AvgIpc) is 2.71. The van der Waals surface area contributed by atoms with E-state index in [0.29, 0.717) is 25.4 Å². The number of nitrogens with zero attached hydrogens (tertiary/aromatic N) is 2. The fourth-order valence-corrected chi connectivity index (χ4v) is 2.90. The summed E-state index contributed by atoms with van der Waals surface area (Å²) in [5, 5.41) is -0.160. The maximum Gasteiger partial charge on any atom is 0.259 e. The second-order valence-electron chi connectivity index (χ2n) is 4.15.